The minimum Gasteiger partial charge on any atom is -0.481 e. The summed E-state index contributed by atoms with van der Waals surface area (Å²) in [7, 11) is 0. The average Bonchev–Trinajstić information content (AvgIpc) is 3.33. The molecule has 32 heavy (non-hydrogen) atoms. The first kappa shape index (κ1) is 23.5. The van der Waals surface area contributed by atoms with E-state index in [2.05, 4.69) is 10.5 Å². The zero-order chi connectivity index (χ0) is 23.4. The fraction of sp³-hybridized carbons (Fsp3) is 0.478. The molecule has 3 N–H and O–H groups in total. The first-order valence-corrected chi connectivity index (χ1v) is 10.7. The molecule has 172 valence electrons. The third-order valence-electron chi connectivity index (χ3n) is 5.65. The number of nitrogens with zero attached hydrogens (tertiary/aromatic N) is 2. The van der Waals surface area contributed by atoms with Gasteiger partial charge in [-0.25, -0.2) is 0 Å². The van der Waals surface area contributed by atoms with Crippen LogP contribution >= 0.6 is 0 Å². The summed E-state index contributed by atoms with van der Waals surface area (Å²) in [5.41, 5.74) is 1.30. The Morgan fingerprint density at radius 3 is 2.50 bits per heavy atom. The van der Waals surface area contributed by atoms with Gasteiger partial charge in [0.05, 0.1) is 24.3 Å². The number of hydrogen-bond acceptors (Lipinski definition) is 6. The van der Waals surface area contributed by atoms with Gasteiger partial charge >= 0.3 is 5.97 Å². The molecule has 0 spiro atoms. The van der Waals surface area contributed by atoms with Gasteiger partial charge in [-0.3, -0.25) is 14.4 Å². The highest BCUT2D eigenvalue weighted by Crippen LogP contribution is 2.31. The molecular formula is C23H29N3O6. The average molecular weight is 444 g/mol. The predicted octanol–water partition coefficient (Wildman–Crippen LogP) is 2.02. The molecule has 9 heteroatoms. The zero-order valence-electron chi connectivity index (χ0n) is 18.4. The maximum atomic E-state index is 13.4. The molecule has 0 saturated carbocycles. The fourth-order valence-electron chi connectivity index (χ4n) is 4.13. The number of carboxylic acid groups (broad SMARTS) is 1. The van der Waals surface area contributed by atoms with Gasteiger partial charge < -0.3 is 25.0 Å². The molecular weight excluding hydrogens is 414 g/mol. The van der Waals surface area contributed by atoms with Crippen molar-refractivity contribution in [3.8, 4) is 0 Å². The summed E-state index contributed by atoms with van der Waals surface area (Å²) in [6.07, 6.45) is -1.08. The summed E-state index contributed by atoms with van der Waals surface area (Å²) in [4.78, 5) is 39.3. The van der Waals surface area contributed by atoms with Crippen LogP contribution in [0.15, 0.2) is 40.9 Å². The summed E-state index contributed by atoms with van der Waals surface area (Å²) in [6.45, 7) is 5.53. The Balaban J connectivity index is 1.82. The number of amides is 2. The van der Waals surface area contributed by atoms with Crippen molar-refractivity contribution in [3.05, 3.63) is 53.4 Å². The van der Waals surface area contributed by atoms with E-state index < -0.39 is 36.0 Å². The highest BCUT2D eigenvalue weighted by molar-refractivity contribution is 5.91. The van der Waals surface area contributed by atoms with Gasteiger partial charge in [0.25, 0.3) is 0 Å². The molecule has 2 aromatic rings. The quantitative estimate of drug-likeness (QED) is 0.568. The van der Waals surface area contributed by atoms with E-state index in [0.29, 0.717) is 17.0 Å². The molecule has 2 amide bonds. The van der Waals surface area contributed by atoms with Crippen LogP contribution in [-0.2, 0) is 14.4 Å². The van der Waals surface area contributed by atoms with Gasteiger partial charge in [-0.05, 0) is 18.4 Å². The molecule has 0 bridgehead atoms. The van der Waals surface area contributed by atoms with Crippen LogP contribution in [0.5, 0.6) is 0 Å². The summed E-state index contributed by atoms with van der Waals surface area (Å²) in [5, 5.41) is 26.2. The number of aromatic nitrogens is 1. The Kier molecular flexibility index (Phi) is 7.29. The van der Waals surface area contributed by atoms with Crippen molar-refractivity contribution in [2.75, 3.05) is 6.54 Å². The molecule has 1 fully saturated rings. The molecule has 0 unspecified atom stereocenters. The van der Waals surface area contributed by atoms with E-state index >= 15 is 0 Å². The van der Waals surface area contributed by atoms with Gasteiger partial charge in [0.1, 0.15) is 17.7 Å². The van der Waals surface area contributed by atoms with Crippen molar-refractivity contribution in [1.29, 1.82) is 0 Å². The van der Waals surface area contributed by atoms with Gasteiger partial charge in [-0.15, -0.1) is 0 Å². The summed E-state index contributed by atoms with van der Waals surface area (Å²) in [6, 6.07) is 8.83. The van der Waals surface area contributed by atoms with Crippen molar-refractivity contribution < 1.29 is 29.1 Å². The molecule has 1 aromatic carbocycles. The van der Waals surface area contributed by atoms with Crippen LogP contribution in [-0.4, -0.2) is 56.7 Å². The summed E-state index contributed by atoms with van der Waals surface area (Å²) >= 11 is 0. The minimum absolute atomic E-state index is 0.0161. The maximum absolute atomic E-state index is 13.4. The molecule has 4 atom stereocenters. The number of benzene rings is 1. The lowest BCUT2D eigenvalue weighted by Crippen LogP contribution is -2.49. The van der Waals surface area contributed by atoms with Crippen LogP contribution in [0.4, 0.5) is 0 Å². The van der Waals surface area contributed by atoms with Gasteiger partial charge in [0.15, 0.2) is 0 Å². The number of aliphatic carboxylic acids is 1. The highest BCUT2D eigenvalue weighted by Gasteiger charge is 2.43. The van der Waals surface area contributed by atoms with E-state index in [0.717, 1.165) is 0 Å². The van der Waals surface area contributed by atoms with Crippen molar-refractivity contribution in [2.24, 2.45) is 5.92 Å². The molecule has 1 saturated heterocycles. The van der Waals surface area contributed by atoms with Crippen LogP contribution in [0, 0.1) is 12.8 Å². The zero-order valence-corrected chi connectivity index (χ0v) is 18.4. The summed E-state index contributed by atoms with van der Waals surface area (Å²) < 4.78 is 5.33. The fourth-order valence-corrected chi connectivity index (χ4v) is 4.13. The van der Waals surface area contributed by atoms with Crippen molar-refractivity contribution >= 4 is 17.8 Å². The lowest BCUT2D eigenvalue weighted by molar-refractivity contribution is -0.142. The van der Waals surface area contributed by atoms with Crippen molar-refractivity contribution in [3.63, 3.8) is 0 Å². The molecule has 2 heterocycles. The molecule has 0 aliphatic carbocycles. The first-order valence-electron chi connectivity index (χ1n) is 10.7. The largest absolute Gasteiger partial charge is 0.481 e. The van der Waals surface area contributed by atoms with Crippen molar-refractivity contribution in [2.45, 2.75) is 57.7 Å². The Bertz CT molecular complexity index is 958. The van der Waals surface area contributed by atoms with Crippen LogP contribution in [0.3, 0.4) is 0 Å². The van der Waals surface area contributed by atoms with Gasteiger partial charge in [-0.1, -0.05) is 49.3 Å². The van der Waals surface area contributed by atoms with Gasteiger partial charge in [0, 0.05) is 19.0 Å². The third kappa shape index (κ3) is 5.34. The van der Waals surface area contributed by atoms with Gasteiger partial charge in [-0.2, -0.15) is 0 Å². The second kappa shape index (κ2) is 9.95. The van der Waals surface area contributed by atoms with E-state index in [1.807, 2.05) is 13.8 Å². The van der Waals surface area contributed by atoms with E-state index in [9.17, 15) is 24.6 Å². The molecule has 1 aliphatic rings. The first-order chi connectivity index (χ1) is 15.2. The Hall–Kier alpha value is -3.20. The number of β-amino-alcohol motifs (C(OH)–C–C–N with tert-alkyl or cyclic N) is 1. The molecule has 1 aliphatic heterocycles. The number of likely N-dealkylation sites (tertiary alicyclic amines) is 1. The second-order valence-electron chi connectivity index (χ2n) is 8.56. The van der Waals surface area contributed by atoms with Gasteiger partial charge in [0.2, 0.25) is 11.8 Å². The summed E-state index contributed by atoms with van der Waals surface area (Å²) in [5.74, 6) is -2.25. The number of aliphatic hydroxyl groups is 1. The number of hydrogen-bond donors (Lipinski definition) is 3. The number of aliphatic hydroxyl groups excluding tert-OH is 1. The van der Waals surface area contributed by atoms with Crippen LogP contribution in [0.1, 0.15) is 55.7 Å². The van der Waals surface area contributed by atoms with Crippen molar-refractivity contribution in [1.82, 2.24) is 15.4 Å². The van der Waals surface area contributed by atoms with Crippen LogP contribution in [0.25, 0.3) is 0 Å². The van der Waals surface area contributed by atoms with E-state index in [-0.39, 0.29) is 31.2 Å². The van der Waals surface area contributed by atoms with E-state index in [1.165, 1.54) is 4.90 Å². The second-order valence-corrected chi connectivity index (χ2v) is 8.56. The Labute approximate surface area is 186 Å². The number of carbonyl (C=O) groups is 3. The number of rotatable bonds is 8. The molecule has 0 radical (unpaired) electrons. The van der Waals surface area contributed by atoms with E-state index in [4.69, 9.17) is 4.52 Å². The predicted molar refractivity (Wildman–Crippen MR) is 115 cm³/mol. The Morgan fingerprint density at radius 1 is 1.25 bits per heavy atom. The SMILES string of the molecule is Cc1cc([C@H](C(=O)N2C[C@H](O)C[C@H]2C(=O)N[C@@H](CC(=O)O)c2ccccc2)C(C)C)on1. The molecule has 3 rings (SSSR count). The number of carboxylic acids is 1. The Morgan fingerprint density at radius 2 is 1.94 bits per heavy atom. The lowest BCUT2D eigenvalue weighted by Gasteiger charge is -2.29. The smallest absolute Gasteiger partial charge is 0.305 e. The third-order valence-corrected chi connectivity index (χ3v) is 5.65. The van der Waals surface area contributed by atoms with Crippen LogP contribution in [0.2, 0.25) is 0 Å². The van der Waals surface area contributed by atoms with Crippen LogP contribution < -0.4 is 5.32 Å². The monoisotopic (exact) mass is 443 g/mol. The lowest BCUT2D eigenvalue weighted by atomic mass is 9.91. The molecule has 9 nitrogen and oxygen atoms in total. The van der Waals surface area contributed by atoms with E-state index in [1.54, 1.807) is 43.3 Å². The number of carbonyl (C=O) groups excluding carboxylic acids is 2. The molecule has 1 aromatic heterocycles. The standard InChI is InChI=1S/C23H29N3O6/c1-13(2)21(19-9-14(3)25-32-19)23(31)26-12-16(27)10-18(26)22(30)24-17(11-20(28)29)15-7-5-4-6-8-15/h4-9,13,16-18,21,27H,10-12H2,1-3H3,(H,24,30)(H,28,29)/t16-,17+,18+,21-/m1/s1. The normalized spacial score (nSPS) is 20.2. The topological polar surface area (TPSA) is 133 Å². The number of nitrogens with one attached hydrogen (secondary N) is 1. The highest BCUT2D eigenvalue weighted by atomic mass is 16.5. The number of aryl methyl sites for hydroxylation is 1. The minimum atomic E-state index is -1.06. The maximum Gasteiger partial charge on any atom is 0.305 e.